The van der Waals surface area contributed by atoms with Gasteiger partial charge >= 0.3 is 12.1 Å². The Labute approximate surface area is 219 Å². The molecule has 0 spiro atoms. The van der Waals surface area contributed by atoms with Gasteiger partial charge in [-0.3, -0.25) is 19.2 Å². The van der Waals surface area contributed by atoms with Gasteiger partial charge in [-0.15, -0.1) is 0 Å². The van der Waals surface area contributed by atoms with Crippen molar-refractivity contribution in [1.29, 1.82) is 0 Å². The second kappa shape index (κ2) is 13.1. The number of piperazine rings is 2. The third kappa shape index (κ3) is 9.64. The molecule has 0 aliphatic carbocycles. The molecule has 2 aliphatic rings. The fourth-order valence-corrected chi connectivity index (χ4v) is 4.32. The van der Waals surface area contributed by atoms with Crippen molar-refractivity contribution in [2.75, 3.05) is 88.9 Å². The zero-order valence-electron chi connectivity index (χ0n) is 21.4. The molecule has 0 aromatic heterocycles. The van der Waals surface area contributed by atoms with Gasteiger partial charge in [-0.2, -0.15) is 13.2 Å². The SMILES string of the molecule is CN(C)C(=O)CN1CCN(C(=O)c2ccc(N3CCNCC3)c(NS(C)(=O)=O)c2)CC1.O=C(O)C(F)(F)F. The van der Waals surface area contributed by atoms with Crippen molar-refractivity contribution in [1.82, 2.24) is 20.0 Å². The normalized spacial score (nSPS) is 16.8. The van der Waals surface area contributed by atoms with Gasteiger partial charge in [0.05, 0.1) is 24.2 Å². The first-order valence-electron chi connectivity index (χ1n) is 11.7. The number of sulfonamides is 1. The van der Waals surface area contributed by atoms with Crippen LogP contribution in [-0.4, -0.2) is 131 Å². The van der Waals surface area contributed by atoms with Crippen molar-refractivity contribution in [3.63, 3.8) is 0 Å². The third-order valence-electron chi connectivity index (χ3n) is 5.76. The molecule has 2 aliphatic heterocycles. The van der Waals surface area contributed by atoms with Gasteiger partial charge in [-0.25, -0.2) is 13.2 Å². The standard InChI is InChI=1S/C20H32N6O4S.C2HF3O2/c1-23(2)19(27)15-24-10-12-26(13-11-24)20(28)16-4-5-18(25-8-6-21-7-9-25)17(14-16)22-31(3,29)30;3-2(4,5)1(6)7/h4-5,14,21-22H,6-13,15H2,1-3H3;(H,6,7). The molecule has 2 amide bonds. The Balaban J connectivity index is 0.000000638. The Morgan fingerprint density at radius 2 is 1.61 bits per heavy atom. The minimum atomic E-state index is -5.08. The summed E-state index contributed by atoms with van der Waals surface area (Å²) in [5.74, 6) is -2.85. The summed E-state index contributed by atoms with van der Waals surface area (Å²) in [6, 6.07) is 5.20. The Kier molecular flexibility index (Phi) is 10.7. The number of amides is 2. The second-order valence-corrected chi connectivity index (χ2v) is 10.8. The number of nitrogens with zero attached hydrogens (tertiary/aromatic N) is 4. The molecule has 0 unspecified atom stereocenters. The zero-order valence-corrected chi connectivity index (χ0v) is 22.2. The summed E-state index contributed by atoms with van der Waals surface area (Å²) in [6.45, 7) is 5.80. The number of hydrogen-bond donors (Lipinski definition) is 3. The van der Waals surface area contributed by atoms with E-state index in [1.165, 1.54) is 0 Å². The number of carbonyl (C=O) groups is 3. The van der Waals surface area contributed by atoms with E-state index < -0.39 is 22.2 Å². The monoisotopic (exact) mass is 566 g/mol. The van der Waals surface area contributed by atoms with Crippen LogP contribution in [0, 0.1) is 0 Å². The number of benzene rings is 1. The van der Waals surface area contributed by atoms with Gasteiger partial charge in [0.1, 0.15) is 0 Å². The van der Waals surface area contributed by atoms with Crippen LogP contribution in [0.3, 0.4) is 0 Å². The predicted octanol–water partition coefficient (Wildman–Crippen LogP) is -0.0530. The van der Waals surface area contributed by atoms with Crippen molar-refractivity contribution in [3.8, 4) is 0 Å². The van der Waals surface area contributed by atoms with E-state index in [1.807, 2.05) is 11.0 Å². The van der Waals surface area contributed by atoms with E-state index in [0.29, 0.717) is 44.0 Å². The summed E-state index contributed by atoms with van der Waals surface area (Å²) < 4.78 is 58.1. The van der Waals surface area contributed by atoms with Crippen molar-refractivity contribution < 1.29 is 41.1 Å². The van der Waals surface area contributed by atoms with Crippen LogP contribution in [0.5, 0.6) is 0 Å². The summed E-state index contributed by atoms with van der Waals surface area (Å²) in [6.07, 6.45) is -3.97. The third-order valence-corrected chi connectivity index (χ3v) is 6.35. The number of anilines is 2. The number of nitrogens with one attached hydrogen (secondary N) is 2. The zero-order chi connectivity index (χ0) is 28.7. The highest BCUT2D eigenvalue weighted by molar-refractivity contribution is 7.92. The number of carboxylic acids is 1. The number of likely N-dealkylation sites (N-methyl/N-ethyl adjacent to an activating group) is 1. The van der Waals surface area contributed by atoms with E-state index in [0.717, 1.165) is 38.1 Å². The molecule has 3 N–H and O–H groups in total. The summed E-state index contributed by atoms with van der Waals surface area (Å²) in [5, 5.41) is 10.4. The first-order valence-corrected chi connectivity index (χ1v) is 13.6. The Morgan fingerprint density at radius 1 is 1.05 bits per heavy atom. The van der Waals surface area contributed by atoms with Crippen molar-refractivity contribution in [2.24, 2.45) is 0 Å². The molecule has 12 nitrogen and oxygen atoms in total. The van der Waals surface area contributed by atoms with Crippen molar-refractivity contribution in [2.45, 2.75) is 6.18 Å². The quantitative estimate of drug-likeness (QED) is 0.432. The van der Waals surface area contributed by atoms with Gasteiger partial charge in [-0.05, 0) is 18.2 Å². The Morgan fingerprint density at radius 3 is 2.08 bits per heavy atom. The smallest absolute Gasteiger partial charge is 0.475 e. The summed E-state index contributed by atoms with van der Waals surface area (Å²) in [4.78, 5) is 41.3. The number of carboxylic acid groups (broad SMARTS) is 1. The number of carbonyl (C=O) groups excluding carboxylic acids is 2. The summed E-state index contributed by atoms with van der Waals surface area (Å²) in [5.41, 5.74) is 1.64. The number of aliphatic carboxylic acids is 1. The minimum Gasteiger partial charge on any atom is -0.475 e. The minimum absolute atomic E-state index is 0.0415. The molecule has 0 bridgehead atoms. The molecule has 38 heavy (non-hydrogen) atoms. The van der Waals surface area contributed by atoms with Crippen molar-refractivity contribution >= 4 is 39.2 Å². The average molecular weight is 567 g/mol. The molecule has 0 radical (unpaired) electrons. The molecular weight excluding hydrogens is 533 g/mol. The molecule has 2 heterocycles. The lowest BCUT2D eigenvalue weighted by molar-refractivity contribution is -0.192. The lowest BCUT2D eigenvalue weighted by Gasteiger charge is -2.35. The molecule has 3 rings (SSSR count). The van der Waals surface area contributed by atoms with Crippen LogP contribution in [0.4, 0.5) is 24.5 Å². The molecule has 1 aromatic rings. The van der Waals surface area contributed by atoms with Crippen LogP contribution in [0.1, 0.15) is 10.4 Å². The maximum absolute atomic E-state index is 13.1. The maximum atomic E-state index is 13.1. The van der Waals surface area contributed by atoms with Crippen LogP contribution in [-0.2, 0) is 19.6 Å². The lowest BCUT2D eigenvalue weighted by Crippen LogP contribution is -2.51. The lowest BCUT2D eigenvalue weighted by atomic mass is 10.1. The van der Waals surface area contributed by atoms with Gasteiger partial charge in [0.25, 0.3) is 5.91 Å². The van der Waals surface area contributed by atoms with Gasteiger partial charge < -0.3 is 25.1 Å². The largest absolute Gasteiger partial charge is 0.490 e. The van der Waals surface area contributed by atoms with Crippen LogP contribution in [0.25, 0.3) is 0 Å². The fraction of sp³-hybridized carbons (Fsp3) is 0.591. The highest BCUT2D eigenvalue weighted by atomic mass is 32.2. The second-order valence-electron chi connectivity index (χ2n) is 9.00. The number of alkyl halides is 3. The molecule has 2 fully saturated rings. The van der Waals surface area contributed by atoms with Gasteiger partial charge in [0, 0.05) is 72.0 Å². The molecule has 1 aromatic carbocycles. The average Bonchev–Trinajstić information content (AvgIpc) is 2.83. The summed E-state index contributed by atoms with van der Waals surface area (Å²) >= 11 is 0. The number of rotatable bonds is 6. The van der Waals surface area contributed by atoms with E-state index in [2.05, 4.69) is 14.9 Å². The molecule has 16 heteroatoms. The Hall–Kier alpha value is -3.11. The van der Waals surface area contributed by atoms with Crippen LogP contribution < -0.4 is 14.9 Å². The topological polar surface area (TPSA) is 143 Å². The molecule has 0 atom stereocenters. The van der Waals surface area contributed by atoms with Gasteiger partial charge in [-0.1, -0.05) is 0 Å². The number of hydrogen-bond acceptors (Lipinski definition) is 8. The van der Waals surface area contributed by atoms with Crippen LogP contribution >= 0.6 is 0 Å². The maximum Gasteiger partial charge on any atom is 0.490 e. The van der Waals surface area contributed by atoms with Crippen LogP contribution in [0.2, 0.25) is 0 Å². The highest BCUT2D eigenvalue weighted by Crippen LogP contribution is 2.29. The fourth-order valence-electron chi connectivity index (χ4n) is 3.76. The molecule has 2 saturated heterocycles. The van der Waals surface area contributed by atoms with Crippen LogP contribution in [0.15, 0.2) is 18.2 Å². The van der Waals surface area contributed by atoms with Crippen molar-refractivity contribution in [3.05, 3.63) is 23.8 Å². The summed E-state index contributed by atoms with van der Waals surface area (Å²) in [7, 11) is -0.0304. The predicted molar refractivity (Wildman–Crippen MR) is 135 cm³/mol. The number of halogens is 3. The Bertz CT molecular complexity index is 1100. The molecular formula is C22H33F3N6O6S. The van der Waals surface area contributed by atoms with E-state index in [9.17, 15) is 31.2 Å². The van der Waals surface area contributed by atoms with Gasteiger partial charge in [0.15, 0.2) is 0 Å². The van der Waals surface area contributed by atoms with E-state index >= 15 is 0 Å². The molecule has 0 saturated carbocycles. The van der Waals surface area contributed by atoms with Gasteiger partial charge in [0.2, 0.25) is 15.9 Å². The highest BCUT2D eigenvalue weighted by Gasteiger charge is 2.38. The first kappa shape index (κ1) is 31.1. The van der Waals surface area contributed by atoms with E-state index in [-0.39, 0.29) is 11.8 Å². The molecule has 214 valence electrons. The first-order chi connectivity index (χ1) is 17.6. The van der Waals surface area contributed by atoms with E-state index in [1.54, 1.807) is 36.0 Å². The van der Waals surface area contributed by atoms with E-state index in [4.69, 9.17) is 9.90 Å².